The normalized spacial score (nSPS) is 19.3. The van der Waals surface area contributed by atoms with Gasteiger partial charge in [0.1, 0.15) is 11.5 Å². The Balaban J connectivity index is 1.98. The molecule has 1 aromatic rings. The van der Waals surface area contributed by atoms with Crippen molar-refractivity contribution >= 4 is 0 Å². The topological polar surface area (TPSA) is 39.7 Å². The molecule has 1 unspecified atom stereocenters. The Morgan fingerprint density at radius 2 is 1.88 bits per heavy atom. The number of nitrogens with one attached hydrogen (secondary N) is 1. The lowest BCUT2D eigenvalue weighted by Gasteiger charge is -2.12. The van der Waals surface area contributed by atoms with Crippen molar-refractivity contribution in [2.75, 3.05) is 27.3 Å². The summed E-state index contributed by atoms with van der Waals surface area (Å²) in [6.45, 7) is 2.59. The molecular weight excluding hydrogens is 218 g/mol. The number of methoxy groups -OCH3 is 2. The van der Waals surface area contributed by atoms with Crippen molar-refractivity contribution in [3.05, 3.63) is 23.8 Å². The zero-order valence-corrected chi connectivity index (χ0v) is 10.4. The second-order valence-corrected chi connectivity index (χ2v) is 4.15. The van der Waals surface area contributed by atoms with E-state index in [1.807, 2.05) is 18.2 Å². The molecule has 1 saturated heterocycles. The van der Waals surface area contributed by atoms with Crippen LogP contribution in [0, 0.1) is 0 Å². The van der Waals surface area contributed by atoms with E-state index in [-0.39, 0.29) is 0 Å². The molecule has 1 aromatic carbocycles. The average Bonchev–Trinajstić information content (AvgIpc) is 2.89. The molecule has 4 heteroatoms. The van der Waals surface area contributed by atoms with Crippen molar-refractivity contribution in [2.45, 2.75) is 19.1 Å². The predicted octanol–water partition coefficient (Wildman–Crippen LogP) is 1.58. The zero-order chi connectivity index (χ0) is 12.1. The summed E-state index contributed by atoms with van der Waals surface area (Å²) in [6.07, 6.45) is 1.41. The van der Waals surface area contributed by atoms with Crippen LogP contribution in [0.4, 0.5) is 0 Å². The molecule has 4 nitrogen and oxygen atoms in total. The lowest BCUT2D eigenvalue weighted by Crippen LogP contribution is -2.16. The van der Waals surface area contributed by atoms with Gasteiger partial charge < -0.3 is 19.5 Å². The second-order valence-electron chi connectivity index (χ2n) is 4.15. The lowest BCUT2D eigenvalue weighted by atomic mass is 10.2. The van der Waals surface area contributed by atoms with Gasteiger partial charge in [-0.05, 0) is 30.7 Å². The zero-order valence-electron chi connectivity index (χ0n) is 10.4. The highest BCUT2D eigenvalue weighted by atomic mass is 16.5. The third-order valence-electron chi connectivity index (χ3n) is 2.91. The Hall–Kier alpha value is -1.26. The van der Waals surface area contributed by atoms with Crippen LogP contribution in [0.1, 0.15) is 12.0 Å². The average molecular weight is 237 g/mol. The molecule has 0 amide bonds. The Bertz CT molecular complexity index is 339. The van der Waals surface area contributed by atoms with Gasteiger partial charge in [-0.3, -0.25) is 0 Å². The van der Waals surface area contributed by atoms with Crippen molar-refractivity contribution < 1.29 is 14.2 Å². The molecule has 1 aliphatic rings. The quantitative estimate of drug-likeness (QED) is 0.844. The summed E-state index contributed by atoms with van der Waals surface area (Å²) in [6, 6.07) is 5.82. The third-order valence-corrected chi connectivity index (χ3v) is 2.91. The summed E-state index contributed by atoms with van der Waals surface area (Å²) in [4.78, 5) is 0. The number of benzene rings is 1. The van der Waals surface area contributed by atoms with E-state index in [0.29, 0.717) is 12.7 Å². The van der Waals surface area contributed by atoms with Gasteiger partial charge in [-0.15, -0.1) is 0 Å². The first-order valence-corrected chi connectivity index (χ1v) is 5.86. The minimum atomic E-state index is 0.326. The number of hydrogen-bond donors (Lipinski definition) is 1. The lowest BCUT2D eigenvalue weighted by molar-refractivity contribution is 0.0540. The van der Waals surface area contributed by atoms with Crippen molar-refractivity contribution in [1.82, 2.24) is 5.32 Å². The van der Waals surface area contributed by atoms with E-state index in [4.69, 9.17) is 14.2 Å². The first-order valence-electron chi connectivity index (χ1n) is 5.86. The number of hydrogen-bond acceptors (Lipinski definition) is 4. The molecule has 0 aliphatic carbocycles. The minimum Gasteiger partial charge on any atom is -0.497 e. The number of ether oxygens (including phenoxy) is 3. The van der Waals surface area contributed by atoms with Gasteiger partial charge in [-0.1, -0.05) is 0 Å². The van der Waals surface area contributed by atoms with Crippen LogP contribution in [0.25, 0.3) is 0 Å². The first kappa shape index (κ1) is 12.2. The van der Waals surface area contributed by atoms with Gasteiger partial charge in [0.25, 0.3) is 0 Å². The smallest absolute Gasteiger partial charge is 0.122 e. The molecule has 1 fully saturated rings. The van der Waals surface area contributed by atoms with Crippen LogP contribution in [0.3, 0.4) is 0 Å². The van der Waals surface area contributed by atoms with Crippen LogP contribution < -0.4 is 14.8 Å². The van der Waals surface area contributed by atoms with Crippen molar-refractivity contribution in [2.24, 2.45) is 0 Å². The molecule has 0 aromatic heterocycles. The second kappa shape index (κ2) is 5.89. The molecule has 17 heavy (non-hydrogen) atoms. The predicted molar refractivity (Wildman–Crippen MR) is 65.6 cm³/mol. The van der Waals surface area contributed by atoms with Crippen LogP contribution in [0.15, 0.2) is 18.2 Å². The molecular formula is C13H19NO3. The molecule has 94 valence electrons. The molecule has 2 rings (SSSR count). The minimum absolute atomic E-state index is 0.326. The fourth-order valence-corrected chi connectivity index (χ4v) is 1.93. The van der Waals surface area contributed by atoms with E-state index >= 15 is 0 Å². The van der Waals surface area contributed by atoms with Gasteiger partial charge >= 0.3 is 0 Å². The summed E-state index contributed by atoms with van der Waals surface area (Å²) in [5, 5.41) is 3.28. The van der Waals surface area contributed by atoms with Crippen LogP contribution in [0.5, 0.6) is 11.5 Å². The van der Waals surface area contributed by atoms with Crippen LogP contribution in [-0.4, -0.2) is 33.4 Å². The third kappa shape index (κ3) is 3.35. The highest BCUT2D eigenvalue weighted by molar-refractivity contribution is 5.38. The SMILES string of the molecule is COc1cc(COC2CCNC2)cc(OC)c1. The van der Waals surface area contributed by atoms with Crippen molar-refractivity contribution in [1.29, 1.82) is 0 Å². The highest BCUT2D eigenvalue weighted by Crippen LogP contribution is 2.23. The molecule has 1 heterocycles. The fraction of sp³-hybridized carbons (Fsp3) is 0.538. The highest BCUT2D eigenvalue weighted by Gasteiger charge is 2.14. The molecule has 1 aliphatic heterocycles. The Morgan fingerprint density at radius 1 is 1.18 bits per heavy atom. The van der Waals surface area contributed by atoms with Crippen LogP contribution >= 0.6 is 0 Å². The van der Waals surface area contributed by atoms with Crippen LogP contribution in [-0.2, 0) is 11.3 Å². The summed E-state index contributed by atoms with van der Waals surface area (Å²) in [7, 11) is 3.31. The summed E-state index contributed by atoms with van der Waals surface area (Å²) >= 11 is 0. The van der Waals surface area contributed by atoms with E-state index in [0.717, 1.165) is 36.6 Å². The Morgan fingerprint density at radius 3 is 2.41 bits per heavy atom. The maximum absolute atomic E-state index is 5.81. The fourth-order valence-electron chi connectivity index (χ4n) is 1.93. The van der Waals surface area contributed by atoms with Gasteiger partial charge in [-0.2, -0.15) is 0 Å². The van der Waals surface area contributed by atoms with Crippen molar-refractivity contribution in [3.8, 4) is 11.5 Å². The van der Waals surface area contributed by atoms with E-state index in [9.17, 15) is 0 Å². The summed E-state index contributed by atoms with van der Waals surface area (Å²) < 4.78 is 16.3. The van der Waals surface area contributed by atoms with Gasteiger partial charge in [0, 0.05) is 12.6 Å². The van der Waals surface area contributed by atoms with Gasteiger partial charge in [0.2, 0.25) is 0 Å². The van der Waals surface area contributed by atoms with E-state index in [1.165, 1.54) is 0 Å². The molecule has 0 saturated carbocycles. The standard InChI is InChI=1S/C13H19NO3/c1-15-12-5-10(6-13(7-12)16-2)9-17-11-3-4-14-8-11/h5-7,11,14H,3-4,8-9H2,1-2H3. The summed E-state index contributed by atoms with van der Waals surface area (Å²) in [5.41, 5.74) is 1.08. The maximum atomic E-state index is 5.81. The van der Waals surface area contributed by atoms with E-state index < -0.39 is 0 Å². The first-order chi connectivity index (χ1) is 8.31. The van der Waals surface area contributed by atoms with Gasteiger partial charge in [-0.25, -0.2) is 0 Å². The van der Waals surface area contributed by atoms with E-state index in [2.05, 4.69) is 5.32 Å². The maximum Gasteiger partial charge on any atom is 0.122 e. The van der Waals surface area contributed by atoms with Gasteiger partial charge in [0.05, 0.1) is 26.9 Å². The Labute approximate surface area is 102 Å². The molecule has 0 spiro atoms. The number of rotatable bonds is 5. The molecule has 1 atom stereocenters. The summed E-state index contributed by atoms with van der Waals surface area (Å²) in [5.74, 6) is 1.60. The Kier molecular flexibility index (Phi) is 4.23. The molecule has 0 radical (unpaired) electrons. The molecule has 0 bridgehead atoms. The van der Waals surface area contributed by atoms with Crippen LogP contribution in [0.2, 0.25) is 0 Å². The molecule has 1 N–H and O–H groups in total. The largest absolute Gasteiger partial charge is 0.497 e. The van der Waals surface area contributed by atoms with E-state index in [1.54, 1.807) is 14.2 Å². The van der Waals surface area contributed by atoms with Crippen molar-refractivity contribution in [3.63, 3.8) is 0 Å². The van der Waals surface area contributed by atoms with Gasteiger partial charge in [0.15, 0.2) is 0 Å². The monoisotopic (exact) mass is 237 g/mol.